The molecule has 1 saturated heterocycles. The molecule has 1 aromatic heterocycles. The molecule has 4 heteroatoms. The minimum atomic E-state index is 0.327. The predicted molar refractivity (Wildman–Crippen MR) is 100 cm³/mol. The fourth-order valence-electron chi connectivity index (χ4n) is 3.32. The Morgan fingerprint density at radius 1 is 0.960 bits per heavy atom. The highest BCUT2D eigenvalue weighted by atomic mass is 16.5. The molecule has 2 aromatic carbocycles. The van der Waals surface area contributed by atoms with Gasteiger partial charge in [0.25, 0.3) is 0 Å². The average Bonchev–Trinajstić information content (AvgIpc) is 2.68. The molecule has 1 aliphatic rings. The molecule has 1 aliphatic heterocycles. The van der Waals surface area contributed by atoms with Gasteiger partial charge in [-0.1, -0.05) is 18.2 Å². The lowest BCUT2D eigenvalue weighted by atomic mass is 10.0. The summed E-state index contributed by atoms with van der Waals surface area (Å²) in [4.78, 5) is 4.25. The summed E-state index contributed by atoms with van der Waals surface area (Å²) in [6.45, 7) is 2.08. The summed E-state index contributed by atoms with van der Waals surface area (Å²) in [5.41, 5.74) is 2.35. The van der Waals surface area contributed by atoms with E-state index in [-0.39, 0.29) is 0 Å². The molecule has 0 amide bonds. The third-order valence-electron chi connectivity index (χ3n) is 4.70. The molecule has 0 unspecified atom stereocenters. The van der Waals surface area contributed by atoms with Crippen molar-refractivity contribution >= 4 is 10.8 Å². The second-order valence-corrected chi connectivity index (χ2v) is 6.35. The van der Waals surface area contributed by atoms with E-state index in [1.54, 1.807) is 13.3 Å². The topological polar surface area (TPSA) is 43.4 Å². The maximum absolute atomic E-state index is 6.08. The molecule has 128 valence electrons. The van der Waals surface area contributed by atoms with Crippen LogP contribution in [0.2, 0.25) is 0 Å². The van der Waals surface area contributed by atoms with E-state index in [1.807, 2.05) is 6.07 Å². The zero-order valence-electron chi connectivity index (χ0n) is 14.4. The van der Waals surface area contributed by atoms with Crippen LogP contribution < -0.4 is 14.8 Å². The molecule has 25 heavy (non-hydrogen) atoms. The quantitative estimate of drug-likeness (QED) is 0.782. The van der Waals surface area contributed by atoms with Gasteiger partial charge in [-0.05, 0) is 72.8 Å². The van der Waals surface area contributed by atoms with Crippen LogP contribution in [0.1, 0.15) is 12.8 Å². The number of benzene rings is 2. The van der Waals surface area contributed by atoms with Crippen molar-refractivity contribution in [1.82, 2.24) is 10.3 Å². The van der Waals surface area contributed by atoms with Crippen LogP contribution in [0.15, 0.2) is 54.7 Å². The molecule has 0 spiro atoms. The zero-order chi connectivity index (χ0) is 17.1. The van der Waals surface area contributed by atoms with Gasteiger partial charge in [0.1, 0.15) is 11.9 Å². The Balaban J connectivity index is 1.56. The van der Waals surface area contributed by atoms with Crippen molar-refractivity contribution in [2.24, 2.45) is 0 Å². The van der Waals surface area contributed by atoms with Gasteiger partial charge in [-0.25, -0.2) is 4.98 Å². The number of nitrogens with zero attached hydrogens (tertiary/aromatic N) is 1. The smallest absolute Gasteiger partial charge is 0.221 e. The summed E-state index contributed by atoms with van der Waals surface area (Å²) < 4.78 is 11.4. The zero-order valence-corrected chi connectivity index (χ0v) is 14.4. The number of hydrogen-bond acceptors (Lipinski definition) is 4. The molecule has 0 aliphatic carbocycles. The maximum Gasteiger partial charge on any atom is 0.221 e. The van der Waals surface area contributed by atoms with Crippen LogP contribution in [0.25, 0.3) is 21.9 Å². The lowest BCUT2D eigenvalue weighted by molar-refractivity contribution is 0.162. The molecule has 0 saturated carbocycles. The van der Waals surface area contributed by atoms with Crippen LogP contribution in [0.3, 0.4) is 0 Å². The maximum atomic E-state index is 6.08. The summed E-state index contributed by atoms with van der Waals surface area (Å²) >= 11 is 0. The Morgan fingerprint density at radius 3 is 2.48 bits per heavy atom. The number of methoxy groups -OCH3 is 1. The Bertz CT molecular complexity index is 855. The van der Waals surface area contributed by atoms with Gasteiger partial charge in [0.15, 0.2) is 0 Å². The lowest BCUT2D eigenvalue weighted by Crippen LogP contribution is -2.34. The minimum Gasteiger partial charge on any atom is -0.490 e. The van der Waals surface area contributed by atoms with E-state index >= 15 is 0 Å². The number of fused-ring (bicyclic) bond motifs is 1. The van der Waals surface area contributed by atoms with E-state index in [2.05, 4.69) is 52.8 Å². The van der Waals surface area contributed by atoms with E-state index in [1.165, 1.54) is 11.1 Å². The van der Waals surface area contributed by atoms with Crippen molar-refractivity contribution in [2.45, 2.75) is 18.9 Å². The molecule has 0 atom stereocenters. The van der Waals surface area contributed by atoms with Gasteiger partial charge in [0, 0.05) is 11.6 Å². The summed E-state index contributed by atoms with van der Waals surface area (Å²) in [6.07, 6.45) is 4.25. The number of hydrogen-bond donors (Lipinski definition) is 1. The number of aromatic nitrogens is 1. The van der Waals surface area contributed by atoms with Crippen molar-refractivity contribution in [3.8, 4) is 22.8 Å². The van der Waals surface area contributed by atoms with E-state index in [0.29, 0.717) is 12.0 Å². The molecular formula is C21H22N2O2. The molecule has 1 N–H and O–H groups in total. The second kappa shape index (κ2) is 7.11. The van der Waals surface area contributed by atoms with Crippen LogP contribution in [0.4, 0.5) is 0 Å². The SMILES string of the molecule is COc1nccc2cc(-c3ccc(OC4CCNCC4)cc3)ccc12. The van der Waals surface area contributed by atoms with Gasteiger partial charge in [-0.2, -0.15) is 0 Å². The number of rotatable bonds is 4. The first-order chi connectivity index (χ1) is 12.3. The van der Waals surface area contributed by atoms with E-state index in [0.717, 1.165) is 42.5 Å². The van der Waals surface area contributed by atoms with Crippen LogP contribution in [-0.4, -0.2) is 31.3 Å². The Hall–Kier alpha value is -2.59. The molecule has 2 heterocycles. The van der Waals surface area contributed by atoms with Crippen molar-refractivity contribution in [3.63, 3.8) is 0 Å². The summed E-state index contributed by atoms with van der Waals surface area (Å²) in [7, 11) is 1.65. The van der Waals surface area contributed by atoms with Crippen molar-refractivity contribution in [1.29, 1.82) is 0 Å². The summed E-state index contributed by atoms with van der Waals surface area (Å²) in [5, 5.41) is 5.51. The fourth-order valence-corrected chi connectivity index (χ4v) is 3.32. The van der Waals surface area contributed by atoms with Crippen LogP contribution in [0, 0.1) is 0 Å². The van der Waals surface area contributed by atoms with Crippen LogP contribution in [0.5, 0.6) is 11.6 Å². The number of ether oxygens (including phenoxy) is 2. The Labute approximate surface area is 147 Å². The van der Waals surface area contributed by atoms with Crippen molar-refractivity contribution in [2.75, 3.05) is 20.2 Å². The van der Waals surface area contributed by atoms with E-state index < -0.39 is 0 Å². The van der Waals surface area contributed by atoms with Gasteiger partial charge in [0.2, 0.25) is 5.88 Å². The van der Waals surface area contributed by atoms with E-state index in [9.17, 15) is 0 Å². The molecule has 4 nitrogen and oxygen atoms in total. The first-order valence-corrected chi connectivity index (χ1v) is 8.74. The third-order valence-corrected chi connectivity index (χ3v) is 4.70. The first-order valence-electron chi connectivity index (χ1n) is 8.74. The second-order valence-electron chi connectivity index (χ2n) is 6.35. The first kappa shape index (κ1) is 15.9. The lowest BCUT2D eigenvalue weighted by Gasteiger charge is -2.23. The fraction of sp³-hybridized carbons (Fsp3) is 0.286. The minimum absolute atomic E-state index is 0.327. The number of nitrogens with one attached hydrogen (secondary N) is 1. The average molecular weight is 334 g/mol. The largest absolute Gasteiger partial charge is 0.490 e. The molecule has 3 aromatic rings. The van der Waals surface area contributed by atoms with Crippen LogP contribution >= 0.6 is 0 Å². The van der Waals surface area contributed by atoms with E-state index in [4.69, 9.17) is 9.47 Å². The van der Waals surface area contributed by atoms with Gasteiger partial charge in [-0.15, -0.1) is 0 Å². The highest BCUT2D eigenvalue weighted by Crippen LogP contribution is 2.29. The standard InChI is InChI=1S/C21H22N2O2/c1-24-21-20-7-4-16(14-17(20)8-13-23-21)15-2-5-18(6-3-15)25-19-9-11-22-12-10-19/h2-8,13-14,19,22H,9-12H2,1H3. The number of pyridine rings is 1. The van der Waals surface area contributed by atoms with Gasteiger partial charge in [0.05, 0.1) is 7.11 Å². The Kier molecular flexibility index (Phi) is 4.53. The monoisotopic (exact) mass is 334 g/mol. The van der Waals surface area contributed by atoms with Crippen molar-refractivity contribution in [3.05, 3.63) is 54.7 Å². The van der Waals surface area contributed by atoms with Gasteiger partial charge < -0.3 is 14.8 Å². The van der Waals surface area contributed by atoms with Crippen molar-refractivity contribution < 1.29 is 9.47 Å². The molecule has 1 fully saturated rings. The highest BCUT2D eigenvalue weighted by Gasteiger charge is 2.14. The predicted octanol–water partition coefficient (Wildman–Crippen LogP) is 4.04. The summed E-state index contributed by atoms with van der Waals surface area (Å²) in [5.74, 6) is 1.61. The molecule has 4 rings (SSSR count). The summed E-state index contributed by atoms with van der Waals surface area (Å²) in [6, 6.07) is 16.7. The number of piperidine rings is 1. The molecular weight excluding hydrogens is 312 g/mol. The third kappa shape index (κ3) is 3.44. The van der Waals surface area contributed by atoms with Gasteiger partial charge >= 0.3 is 0 Å². The normalized spacial score (nSPS) is 15.2. The molecule has 0 radical (unpaired) electrons. The Morgan fingerprint density at radius 2 is 1.72 bits per heavy atom. The molecule has 0 bridgehead atoms. The van der Waals surface area contributed by atoms with Crippen LogP contribution in [-0.2, 0) is 0 Å². The van der Waals surface area contributed by atoms with Gasteiger partial charge in [-0.3, -0.25) is 0 Å². The highest BCUT2D eigenvalue weighted by molar-refractivity contribution is 5.90.